The van der Waals surface area contributed by atoms with Crippen LogP contribution in [0.3, 0.4) is 0 Å². The summed E-state index contributed by atoms with van der Waals surface area (Å²) in [6.45, 7) is 0. The Balaban J connectivity index is 1.87. The van der Waals surface area contributed by atoms with Gasteiger partial charge in [-0.25, -0.2) is 13.4 Å². The first-order valence-corrected chi connectivity index (χ1v) is 11.1. The minimum atomic E-state index is -3.71. The number of thiazole rings is 1. The fourth-order valence-corrected chi connectivity index (χ4v) is 6.97. The lowest BCUT2D eigenvalue weighted by molar-refractivity contribution is 0.603. The maximum Gasteiger partial charge on any atom is 0.273 e. The number of halogens is 3. The maximum atomic E-state index is 12.3. The zero-order valence-corrected chi connectivity index (χ0v) is 16.7. The molecule has 0 amide bonds. The summed E-state index contributed by atoms with van der Waals surface area (Å²) in [4.78, 5) is 5.08. The van der Waals surface area contributed by atoms with Crippen molar-refractivity contribution < 1.29 is 8.42 Å². The Morgan fingerprint density at radius 1 is 1.27 bits per heavy atom. The van der Waals surface area contributed by atoms with Gasteiger partial charge in [-0.3, -0.25) is 4.72 Å². The van der Waals surface area contributed by atoms with Gasteiger partial charge in [-0.15, -0.1) is 34.0 Å². The number of hydrogen-bond donors (Lipinski definition) is 1. The van der Waals surface area contributed by atoms with Gasteiger partial charge in [0.15, 0.2) is 5.13 Å². The third-order valence-electron chi connectivity index (χ3n) is 2.46. The van der Waals surface area contributed by atoms with Gasteiger partial charge in [-0.05, 0) is 33.4 Å². The summed E-state index contributed by atoms with van der Waals surface area (Å²) in [5.74, 6) is 0. The second-order valence-electron chi connectivity index (χ2n) is 3.93. The Morgan fingerprint density at radius 3 is 2.64 bits per heavy atom. The molecule has 4 nitrogen and oxygen atoms in total. The molecule has 0 aliphatic carbocycles. The van der Waals surface area contributed by atoms with Crippen LogP contribution >= 0.6 is 73.1 Å². The van der Waals surface area contributed by atoms with Crippen LogP contribution in [0.1, 0.15) is 0 Å². The van der Waals surface area contributed by atoms with Crippen molar-refractivity contribution in [3.05, 3.63) is 36.7 Å². The number of nitrogens with zero attached hydrogens (tertiary/aromatic N) is 1. The van der Waals surface area contributed by atoms with E-state index < -0.39 is 10.0 Å². The molecule has 0 aromatic carbocycles. The fraction of sp³-hybridized carbons (Fsp3) is 0. The summed E-state index contributed by atoms with van der Waals surface area (Å²) in [7, 11) is -3.71. The van der Waals surface area contributed by atoms with Crippen molar-refractivity contribution in [2.24, 2.45) is 0 Å². The molecule has 0 fully saturated rings. The van der Waals surface area contributed by atoms with Gasteiger partial charge in [0.05, 0.1) is 15.6 Å². The summed E-state index contributed by atoms with van der Waals surface area (Å²) >= 11 is 18.7. The molecule has 116 valence electrons. The number of rotatable bonds is 4. The quantitative estimate of drug-likeness (QED) is 0.518. The molecule has 3 rings (SSSR count). The zero-order valence-electron chi connectivity index (χ0n) is 10.3. The van der Waals surface area contributed by atoms with Gasteiger partial charge >= 0.3 is 0 Å². The number of nitrogens with one attached hydrogen (secondary N) is 1. The lowest BCUT2D eigenvalue weighted by Crippen LogP contribution is -2.11. The monoisotopic (exact) mass is 474 g/mol. The largest absolute Gasteiger partial charge is 0.273 e. The highest BCUT2D eigenvalue weighted by Crippen LogP contribution is 2.37. The summed E-state index contributed by atoms with van der Waals surface area (Å²) in [6, 6.07) is 3.23. The van der Waals surface area contributed by atoms with Crippen molar-refractivity contribution in [3.63, 3.8) is 0 Å². The molecule has 11 heteroatoms. The van der Waals surface area contributed by atoms with E-state index in [0.717, 1.165) is 16.2 Å². The van der Waals surface area contributed by atoms with Crippen molar-refractivity contribution in [3.8, 4) is 10.6 Å². The van der Waals surface area contributed by atoms with E-state index in [-0.39, 0.29) is 9.34 Å². The van der Waals surface area contributed by atoms with Gasteiger partial charge < -0.3 is 0 Å². The van der Waals surface area contributed by atoms with Crippen molar-refractivity contribution in [2.45, 2.75) is 4.21 Å². The van der Waals surface area contributed by atoms with Crippen LogP contribution in [0.5, 0.6) is 0 Å². The number of hydrogen-bond acceptors (Lipinski definition) is 6. The highest BCUT2D eigenvalue weighted by Gasteiger charge is 2.21. The summed E-state index contributed by atoms with van der Waals surface area (Å²) in [6.07, 6.45) is 0. The normalized spacial score (nSPS) is 11.8. The Labute approximate surface area is 156 Å². The molecule has 22 heavy (non-hydrogen) atoms. The predicted molar refractivity (Wildman–Crippen MR) is 98.3 cm³/mol. The lowest BCUT2D eigenvalue weighted by atomic mass is 10.4. The molecule has 3 heterocycles. The van der Waals surface area contributed by atoms with Crippen LogP contribution in [-0.2, 0) is 10.0 Å². The van der Waals surface area contributed by atoms with E-state index in [2.05, 4.69) is 25.6 Å². The van der Waals surface area contributed by atoms with E-state index in [1.807, 2.05) is 5.38 Å². The van der Waals surface area contributed by atoms with E-state index >= 15 is 0 Å². The molecule has 0 spiro atoms. The van der Waals surface area contributed by atoms with Crippen LogP contribution in [-0.4, -0.2) is 13.4 Å². The van der Waals surface area contributed by atoms with Crippen LogP contribution in [0, 0.1) is 0 Å². The molecule has 3 aromatic heterocycles. The maximum absolute atomic E-state index is 12.3. The third-order valence-corrected chi connectivity index (χ3v) is 9.00. The molecule has 0 aliphatic heterocycles. The number of anilines is 1. The van der Waals surface area contributed by atoms with E-state index in [1.165, 1.54) is 28.7 Å². The van der Waals surface area contributed by atoms with Crippen molar-refractivity contribution in [1.82, 2.24) is 4.98 Å². The molecule has 1 N–H and O–H groups in total. The fourth-order valence-electron chi connectivity index (χ4n) is 1.53. The lowest BCUT2D eigenvalue weighted by Gasteiger charge is -2.01. The van der Waals surface area contributed by atoms with Gasteiger partial charge in [0.25, 0.3) is 10.0 Å². The molecular formula is C11H5BrCl2N2O2S4. The molecular weight excluding hydrogens is 471 g/mol. The average Bonchev–Trinajstić information content (AvgIpc) is 3.12. The highest BCUT2D eigenvalue weighted by atomic mass is 79.9. The Kier molecular flexibility index (Phi) is 4.84. The molecule has 0 unspecified atom stereocenters. The standard InChI is InChI=1S/C11H5BrCl2N2O2S4/c12-5-3-8(21-10(5)14)22(17,18)16-11-15-7(4-20-11)9-6(13)1-2-19-9/h1-4H,(H,15,16). The molecule has 0 aliphatic rings. The van der Waals surface area contributed by atoms with Gasteiger partial charge in [-0.2, -0.15) is 0 Å². The zero-order chi connectivity index (χ0) is 15.9. The van der Waals surface area contributed by atoms with Crippen LogP contribution in [0.15, 0.2) is 31.6 Å². The van der Waals surface area contributed by atoms with E-state index in [1.54, 1.807) is 11.4 Å². The van der Waals surface area contributed by atoms with Crippen LogP contribution in [0.4, 0.5) is 5.13 Å². The topological polar surface area (TPSA) is 59.1 Å². The first-order chi connectivity index (χ1) is 10.4. The van der Waals surface area contributed by atoms with Crippen LogP contribution < -0.4 is 4.72 Å². The summed E-state index contributed by atoms with van der Waals surface area (Å²) in [5, 5.41) is 4.48. The minimum absolute atomic E-state index is 0.121. The van der Waals surface area contributed by atoms with Gasteiger partial charge in [0, 0.05) is 9.85 Å². The molecule has 0 atom stereocenters. The van der Waals surface area contributed by atoms with Crippen LogP contribution in [0.25, 0.3) is 10.6 Å². The minimum Gasteiger partial charge on any atom is -0.254 e. The number of sulfonamides is 1. The molecule has 0 saturated carbocycles. The molecule has 0 bridgehead atoms. The Morgan fingerprint density at radius 2 is 2.05 bits per heavy atom. The third kappa shape index (κ3) is 3.35. The van der Waals surface area contributed by atoms with Gasteiger partial charge in [-0.1, -0.05) is 23.2 Å². The summed E-state index contributed by atoms with van der Waals surface area (Å²) < 4.78 is 28.1. The Bertz CT molecular complexity index is 912. The molecule has 0 saturated heterocycles. The van der Waals surface area contributed by atoms with Crippen LogP contribution in [0.2, 0.25) is 9.36 Å². The van der Waals surface area contributed by atoms with Gasteiger partial charge in [0.2, 0.25) is 0 Å². The van der Waals surface area contributed by atoms with E-state index in [9.17, 15) is 8.42 Å². The SMILES string of the molecule is O=S(=O)(Nc1nc(-c2sccc2Cl)cs1)c1cc(Br)c(Cl)s1. The highest BCUT2D eigenvalue weighted by molar-refractivity contribution is 9.10. The second-order valence-corrected chi connectivity index (χ2v) is 10.5. The molecule has 0 radical (unpaired) electrons. The first kappa shape index (κ1) is 16.7. The smallest absolute Gasteiger partial charge is 0.254 e. The van der Waals surface area contributed by atoms with E-state index in [4.69, 9.17) is 23.2 Å². The summed E-state index contributed by atoms with van der Waals surface area (Å²) in [5.41, 5.74) is 0.646. The van der Waals surface area contributed by atoms with Crippen molar-refractivity contribution in [1.29, 1.82) is 0 Å². The predicted octanol–water partition coefficient (Wildman–Crippen LogP) is 5.80. The number of aromatic nitrogens is 1. The van der Waals surface area contributed by atoms with E-state index in [0.29, 0.717) is 19.5 Å². The number of thiophene rings is 2. The first-order valence-electron chi connectivity index (χ1n) is 5.53. The molecule has 3 aromatic rings. The van der Waals surface area contributed by atoms with Gasteiger partial charge in [0.1, 0.15) is 8.55 Å². The second kappa shape index (κ2) is 6.39. The van der Waals surface area contributed by atoms with Crippen molar-refractivity contribution >= 4 is 88.3 Å². The van der Waals surface area contributed by atoms with Crippen molar-refractivity contribution in [2.75, 3.05) is 4.72 Å². The Hall–Kier alpha value is -0.160. The average molecular weight is 476 g/mol.